The molecule has 0 unspecified atom stereocenters. The normalized spacial score (nSPS) is 24.0. The molecule has 27 heavy (non-hydrogen) atoms. The molecule has 0 saturated carbocycles. The molecule has 0 N–H and O–H groups in total. The summed E-state index contributed by atoms with van der Waals surface area (Å²) in [5, 5.41) is 0. The molecule has 3 saturated heterocycles. The van der Waals surface area contributed by atoms with Crippen molar-refractivity contribution >= 4 is 11.8 Å². The van der Waals surface area contributed by atoms with Crippen LogP contribution in [0.4, 0.5) is 0 Å². The molecule has 3 fully saturated rings. The predicted octanol–water partition coefficient (Wildman–Crippen LogP) is 1.75. The van der Waals surface area contributed by atoms with Crippen LogP contribution in [0.15, 0.2) is 24.3 Å². The van der Waals surface area contributed by atoms with Gasteiger partial charge < -0.3 is 14.5 Å². The van der Waals surface area contributed by atoms with E-state index in [9.17, 15) is 9.59 Å². The molecule has 3 aliphatic heterocycles. The average Bonchev–Trinajstić information content (AvgIpc) is 3.35. The molecule has 6 heteroatoms. The topological polar surface area (TPSA) is 53.1 Å². The van der Waals surface area contributed by atoms with Gasteiger partial charge in [-0.15, -0.1) is 0 Å². The lowest BCUT2D eigenvalue weighted by Crippen LogP contribution is -2.50. The largest absolute Gasteiger partial charge is 0.377 e. The zero-order chi connectivity index (χ0) is 18.6. The Morgan fingerprint density at radius 1 is 1.04 bits per heavy atom. The summed E-state index contributed by atoms with van der Waals surface area (Å²) in [7, 11) is 0. The second-order valence-electron chi connectivity index (χ2n) is 7.84. The summed E-state index contributed by atoms with van der Waals surface area (Å²) in [6.45, 7) is 6.76. The maximum absolute atomic E-state index is 12.8. The van der Waals surface area contributed by atoms with Crippen LogP contribution < -0.4 is 0 Å². The van der Waals surface area contributed by atoms with Crippen LogP contribution in [0.2, 0.25) is 0 Å². The summed E-state index contributed by atoms with van der Waals surface area (Å²) >= 11 is 0. The third-order valence-corrected chi connectivity index (χ3v) is 5.89. The van der Waals surface area contributed by atoms with Gasteiger partial charge in [-0.1, -0.05) is 12.1 Å². The van der Waals surface area contributed by atoms with Gasteiger partial charge in [-0.05, 0) is 37.0 Å². The summed E-state index contributed by atoms with van der Waals surface area (Å²) in [6.07, 6.45) is 4.32. The number of piperazine rings is 1. The van der Waals surface area contributed by atoms with E-state index in [4.69, 9.17) is 4.74 Å². The molecule has 146 valence electrons. The molecule has 2 amide bonds. The highest BCUT2D eigenvalue weighted by molar-refractivity contribution is 5.94. The van der Waals surface area contributed by atoms with Gasteiger partial charge in [0, 0.05) is 64.4 Å². The zero-order valence-corrected chi connectivity index (χ0v) is 15.9. The fourth-order valence-electron chi connectivity index (χ4n) is 4.24. The highest BCUT2D eigenvalue weighted by Gasteiger charge is 2.25. The van der Waals surface area contributed by atoms with E-state index in [2.05, 4.69) is 4.90 Å². The Morgan fingerprint density at radius 3 is 2.44 bits per heavy atom. The molecular weight excluding hydrogens is 342 g/mol. The van der Waals surface area contributed by atoms with Crippen molar-refractivity contribution in [1.82, 2.24) is 14.7 Å². The third kappa shape index (κ3) is 4.50. The molecule has 0 aromatic heterocycles. The van der Waals surface area contributed by atoms with Crippen LogP contribution in [-0.2, 0) is 16.1 Å². The van der Waals surface area contributed by atoms with E-state index < -0.39 is 0 Å². The number of ether oxygens (including phenoxy) is 1. The lowest BCUT2D eigenvalue weighted by molar-refractivity contribution is -0.128. The van der Waals surface area contributed by atoms with Gasteiger partial charge in [-0.3, -0.25) is 14.5 Å². The summed E-state index contributed by atoms with van der Waals surface area (Å²) in [4.78, 5) is 30.8. The smallest absolute Gasteiger partial charge is 0.253 e. The van der Waals surface area contributed by atoms with Gasteiger partial charge in [-0.25, -0.2) is 0 Å². The number of amides is 2. The molecule has 3 aliphatic rings. The van der Waals surface area contributed by atoms with E-state index in [1.807, 2.05) is 34.1 Å². The van der Waals surface area contributed by atoms with Crippen molar-refractivity contribution in [2.24, 2.45) is 0 Å². The van der Waals surface area contributed by atoms with Crippen molar-refractivity contribution in [2.75, 3.05) is 45.9 Å². The van der Waals surface area contributed by atoms with Crippen molar-refractivity contribution < 1.29 is 14.3 Å². The molecule has 6 nitrogen and oxygen atoms in total. The van der Waals surface area contributed by atoms with Gasteiger partial charge in [0.25, 0.3) is 5.91 Å². The molecule has 1 atom stereocenters. The Kier molecular flexibility index (Phi) is 5.74. The number of hydrogen-bond donors (Lipinski definition) is 0. The second-order valence-corrected chi connectivity index (χ2v) is 7.84. The minimum atomic E-state index is 0.107. The molecule has 0 aliphatic carbocycles. The van der Waals surface area contributed by atoms with E-state index in [0.29, 0.717) is 19.1 Å². The minimum absolute atomic E-state index is 0.107. The number of nitrogens with zero attached hydrogens (tertiary/aromatic N) is 3. The van der Waals surface area contributed by atoms with Gasteiger partial charge >= 0.3 is 0 Å². The summed E-state index contributed by atoms with van der Waals surface area (Å²) in [5.41, 5.74) is 1.82. The molecule has 3 heterocycles. The van der Waals surface area contributed by atoms with Crippen LogP contribution in [0, 0.1) is 0 Å². The lowest BCUT2D eigenvalue weighted by atomic mass is 10.1. The number of carbonyl (C=O) groups is 2. The molecule has 1 aromatic rings. The summed E-state index contributed by atoms with van der Waals surface area (Å²) < 4.78 is 5.72. The maximum atomic E-state index is 12.8. The molecule has 0 radical (unpaired) electrons. The number of benzene rings is 1. The Morgan fingerprint density at radius 2 is 1.81 bits per heavy atom. The van der Waals surface area contributed by atoms with Crippen molar-refractivity contribution in [3.63, 3.8) is 0 Å². The molecular formula is C21H29N3O3. The van der Waals surface area contributed by atoms with Crippen LogP contribution >= 0.6 is 0 Å². The Hall–Kier alpha value is -1.92. The van der Waals surface area contributed by atoms with E-state index in [0.717, 1.165) is 69.8 Å². The Bertz CT molecular complexity index is 662. The van der Waals surface area contributed by atoms with Crippen molar-refractivity contribution in [1.29, 1.82) is 0 Å². The van der Waals surface area contributed by atoms with Crippen LogP contribution in [0.3, 0.4) is 0 Å². The predicted molar refractivity (Wildman–Crippen MR) is 102 cm³/mol. The van der Waals surface area contributed by atoms with Crippen molar-refractivity contribution in [3.8, 4) is 0 Å². The highest BCUT2D eigenvalue weighted by Crippen LogP contribution is 2.17. The van der Waals surface area contributed by atoms with E-state index in [1.165, 1.54) is 6.42 Å². The van der Waals surface area contributed by atoms with Crippen molar-refractivity contribution in [3.05, 3.63) is 35.4 Å². The van der Waals surface area contributed by atoms with Gasteiger partial charge in [0.05, 0.1) is 6.10 Å². The van der Waals surface area contributed by atoms with Gasteiger partial charge in [-0.2, -0.15) is 0 Å². The first kappa shape index (κ1) is 18.4. The molecule has 0 bridgehead atoms. The van der Waals surface area contributed by atoms with E-state index in [-0.39, 0.29) is 11.8 Å². The quantitative estimate of drug-likeness (QED) is 0.791. The molecule has 1 aromatic carbocycles. The molecule has 4 rings (SSSR count). The number of carbonyl (C=O) groups excluding carboxylic acids is 2. The number of hydrogen-bond acceptors (Lipinski definition) is 4. The first-order valence-electron chi connectivity index (χ1n) is 10.2. The monoisotopic (exact) mass is 371 g/mol. The summed E-state index contributed by atoms with van der Waals surface area (Å²) in [6, 6.07) is 7.76. The van der Waals surface area contributed by atoms with Gasteiger partial charge in [0.1, 0.15) is 0 Å². The fraction of sp³-hybridized carbons (Fsp3) is 0.619. The first-order chi connectivity index (χ1) is 13.2. The Labute approximate surface area is 161 Å². The van der Waals surface area contributed by atoms with Gasteiger partial charge in [0.15, 0.2) is 0 Å². The van der Waals surface area contributed by atoms with Crippen LogP contribution in [0.25, 0.3) is 0 Å². The van der Waals surface area contributed by atoms with E-state index >= 15 is 0 Å². The second kappa shape index (κ2) is 8.40. The number of rotatable bonds is 5. The van der Waals surface area contributed by atoms with Crippen LogP contribution in [-0.4, -0.2) is 78.5 Å². The van der Waals surface area contributed by atoms with Crippen molar-refractivity contribution in [2.45, 2.75) is 38.3 Å². The maximum Gasteiger partial charge on any atom is 0.253 e. The highest BCUT2D eigenvalue weighted by atomic mass is 16.5. The Balaban J connectivity index is 1.27. The first-order valence-corrected chi connectivity index (χ1v) is 10.2. The third-order valence-electron chi connectivity index (χ3n) is 5.89. The fourth-order valence-corrected chi connectivity index (χ4v) is 4.24. The number of likely N-dealkylation sites (tertiary alicyclic amines) is 1. The molecule has 0 spiro atoms. The summed E-state index contributed by atoms with van der Waals surface area (Å²) in [5.74, 6) is 0.339. The SMILES string of the molecule is O=C1CCCN1Cc1ccc(C(=O)N2CCN(C[C@@H]3CCCO3)CC2)cc1. The van der Waals surface area contributed by atoms with Crippen LogP contribution in [0.5, 0.6) is 0 Å². The zero-order valence-electron chi connectivity index (χ0n) is 15.9. The minimum Gasteiger partial charge on any atom is -0.377 e. The van der Waals surface area contributed by atoms with Crippen LogP contribution in [0.1, 0.15) is 41.6 Å². The lowest BCUT2D eigenvalue weighted by Gasteiger charge is -2.35. The average molecular weight is 371 g/mol. The van der Waals surface area contributed by atoms with E-state index in [1.54, 1.807) is 0 Å². The van der Waals surface area contributed by atoms with Gasteiger partial charge in [0.2, 0.25) is 5.91 Å². The standard InChI is InChI=1S/C21H29N3O3/c25-20-4-1-9-24(20)15-17-5-7-18(8-6-17)21(26)23-12-10-22(11-13-23)16-19-3-2-14-27-19/h5-8,19H,1-4,9-16H2/t19-/m0/s1.